The van der Waals surface area contributed by atoms with Crippen molar-refractivity contribution in [3.8, 4) is 0 Å². The highest BCUT2D eigenvalue weighted by Gasteiger charge is 2.52. The average molecular weight is 569 g/mol. The molecular weight excluding hydrogens is 520 g/mol. The minimum absolute atomic E-state index is 0.00240. The van der Waals surface area contributed by atoms with E-state index >= 15 is 0 Å². The van der Waals surface area contributed by atoms with E-state index in [0.717, 1.165) is 57.5 Å². The van der Waals surface area contributed by atoms with Gasteiger partial charge in [0, 0.05) is 62.8 Å². The Kier molecular flexibility index (Phi) is 8.56. The number of piperidine rings is 1. The van der Waals surface area contributed by atoms with E-state index in [4.69, 9.17) is 4.74 Å². The zero-order valence-electron chi connectivity index (χ0n) is 24.8. The minimum Gasteiger partial charge on any atom is -0.389 e. The summed E-state index contributed by atoms with van der Waals surface area (Å²) in [5.74, 6) is -0.0392. The van der Waals surface area contributed by atoms with Crippen LogP contribution in [0.4, 0.5) is 11.4 Å². The molecule has 6 unspecified atom stereocenters. The highest BCUT2D eigenvalue weighted by Crippen LogP contribution is 2.34. The van der Waals surface area contributed by atoms with Gasteiger partial charge in [0.25, 0.3) is 0 Å². The van der Waals surface area contributed by atoms with Crippen molar-refractivity contribution in [2.45, 2.75) is 75.9 Å². The lowest BCUT2D eigenvalue weighted by atomic mass is 9.85. The lowest BCUT2D eigenvalue weighted by Crippen LogP contribution is -2.69. The minimum atomic E-state index is -0.789. The van der Waals surface area contributed by atoms with Crippen LogP contribution >= 0.6 is 0 Å². The summed E-state index contributed by atoms with van der Waals surface area (Å²) in [5, 5.41) is 30.0. The second-order valence-electron chi connectivity index (χ2n) is 12.6. The molecule has 6 rings (SSSR count). The molecule has 5 N–H and O–H groups in total. The first kappa shape index (κ1) is 28.9. The fourth-order valence-electron chi connectivity index (χ4n) is 7.20. The van der Waals surface area contributed by atoms with Crippen molar-refractivity contribution in [1.82, 2.24) is 30.9 Å². The molecule has 1 amide bonds. The van der Waals surface area contributed by atoms with Crippen LogP contribution in [0, 0.1) is 5.92 Å². The number of fused-ring (bicyclic) bond motifs is 6. The number of likely N-dealkylation sites (N-methyl/N-ethyl adjacent to an activating group) is 1. The first-order chi connectivity index (χ1) is 19.8. The van der Waals surface area contributed by atoms with Crippen LogP contribution in [0.2, 0.25) is 0 Å². The van der Waals surface area contributed by atoms with Gasteiger partial charge in [-0.2, -0.15) is 5.01 Å². The van der Waals surface area contributed by atoms with E-state index in [1.54, 1.807) is 7.11 Å². The Bertz CT molecular complexity index is 1110. The van der Waals surface area contributed by atoms with Crippen LogP contribution in [0.5, 0.6) is 0 Å². The molecule has 4 saturated heterocycles. The van der Waals surface area contributed by atoms with E-state index in [9.17, 15) is 9.90 Å². The number of carbonyl (C=O) groups excluding carboxylic acids is 1. The molecular formula is C30H48N8O3. The lowest BCUT2D eigenvalue weighted by Gasteiger charge is -2.47. The molecule has 0 spiro atoms. The van der Waals surface area contributed by atoms with Crippen LogP contribution in [-0.4, -0.2) is 110 Å². The van der Waals surface area contributed by atoms with Crippen molar-refractivity contribution < 1.29 is 14.6 Å². The quantitative estimate of drug-likeness (QED) is 0.331. The summed E-state index contributed by atoms with van der Waals surface area (Å²) in [6, 6.07) is 6.53. The molecule has 0 aromatic heterocycles. The van der Waals surface area contributed by atoms with Gasteiger partial charge in [-0.05, 0) is 64.3 Å². The molecule has 226 valence electrons. The number of rotatable bonds is 5. The Morgan fingerprint density at radius 2 is 1.98 bits per heavy atom. The number of nitrogens with zero attached hydrogens (tertiary/aromatic N) is 4. The van der Waals surface area contributed by atoms with E-state index in [0.29, 0.717) is 26.1 Å². The maximum absolute atomic E-state index is 13.7. The van der Waals surface area contributed by atoms with Crippen molar-refractivity contribution in [3.05, 3.63) is 35.9 Å². The number of anilines is 2. The lowest BCUT2D eigenvalue weighted by molar-refractivity contribution is -0.146. The van der Waals surface area contributed by atoms with E-state index in [2.05, 4.69) is 73.5 Å². The number of hydrogen-bond donors (Lipinski definition) is 5. The molecule has 0 saturated carbocycles. The smallest absolute Gasteiger partial charge is 0.244 e. The molecule has 5 aliphatic rings. The van der Waals surface area contributed by atoms with E-state index in [1.807, 2.05) is 11.9 Å². The second-order valence-corrected chi connectivity index (χ2v) is 12.6. The Balaban J connectivity index is 1.20. The van der Waals surface area contributed by atoms with Gasteiger partial charge in [0.2, 0.25) is 5.91 Å². The Labute approximate surface area is 244 Å². The SMILES string of the molecule is COCc1cc(NC2NCC3C(=O)N4C/C=C\CCC(C)(O)C5CCCC(N5)N4C3N2)ccc1N1CCN(C)CC1. The van der Waals surface area contributed by atoms with Gasteiger partial charge in [0.1, 0.15) is 6.29 Å². The number of piperazine rings is 1. The topological polar surface area (TPSA) is 108 Å². The summed E-state index contributed by atoms with van der Waals surface area (Å²) < 4.78 is 5.58. The number of allylic oxidation sites excluding steroid dienone is 1. The molecule has 0 aliphatic carbocycles. The summed E-state index contributed by atoms with van der Waals surface area (Å²) in [6.45, 7) is 7.77. The zero-order valence-corrected chi connectivity index (χ0v) is 24.8. The third-order valence-electron chi connectivity index (χ3n) is 9.63. The normalized spacial score (nSPS) is 35.9. The van der Waals surface area contributed by atoms with Crippen LogP contribution in [-0.2, 0) is 16.1 Å². The maximum Gasteiger partial charge on any atom is 0.244 e. The molecule has 1 aromatic rings. The van der Waals surface area contributed by atoms with Crippen LogP contribution in [0.15, 0.2) is 30.4 Å². The molecule has 11 nitrogen and oxygen atoms in total. The van der Waals surface area contributed by atoms with E-state index < -0.39 is 5.60 Å². The molecule has 5 aliphatic heterocycles. The third kappa shape index (κ3) is 5.99. The van der Waals surface area contributed by atoms with Gasteiger partial charge in [0.05, 0.1) is 37.0 Å². The molecule has 41 heavy (non-hydrogen) atoms. The Morgan fingerprint density at radius 3 is 2.78 bits per heavy atom. The number of ether oxygens (including phenoxy) is 1. The number of benzene rings is 1. The van der Waals surface area contributed by atoms with Gasteiger partial charge >= 0.3 is 0 Å². The molecule has 0 radical (unpaired) electrons. The van der Waals surface area contributed by atoms with Gasteiger partial charge in [-0.25, -0.2) is 0 Å². The summed E-state index contributed by atoms with van der Waals surface area (Å²) in [6.07, 6.45) is 8.21. The average Bonchev–Trinajstić information content (AvgIpc) is 3.23. The van der Waals surface area contributed by atoms with Crippen molar-refractivity contribution >= 4 is 17.3 Å². The third-order valence-corrected chi connectivity index (χ3v) is 9.63. The highest BCUT2D eigenvalue weighted by atomic mass is 16.5. The van der Waals surface area contributed by atoms with Gasteiger partial charge in [-0.3, -0.25) is 25.8 Å². The fraction of sp³-hybridized carbons (Fsp3) is 0.700. The Morgan fingerprint density at radius 1 is 1.15 bits per heavy atom. The van der Waals surface area contributed by atoms with Crippen LogP contribution in [0.25, 0.3) is 0 Å². The summed E-state index contributed by atoms with van der Waals surface area (Å²) in [5.41, 5.74) is 2.62. The first-order valence-corrected chi connectivity index (χ1v) is 15.4. The fourth-order valence-corrected chi connectivity index (χ4v) is 7.20. The zero-order chi connectivity index (χ0) is 28.6. The number of nitrogens with one attached hydrogen (secondary N) is 4. The summed E-state index contributed by atoms with van der Waals surface area (Å²) in [4.78, 5) is 18.5. The van der Waals surface area contributed by atoms with Gasteiger partial charge in [0.15, 0.2) is 0 Å². The molecule has 6 atom stereocenters. The van der Waals surface area contributed by atoms with Gasteiger partial charge in [-0.15, -0.1) is 0 Å². The van der Waals surface area contributed by atoms with Gasteiger partial charge < -0.3 is 25.0 Å². The monoisotopic (exact) mass is 568 g/mol. The number of methoxy groups -OCH3 is 1. The summed E-state index contributed by atoms with van der Waals surface area (Å²) >= 11 is 0. The molecule has 4 fully saturated rings. The van der Waals surface area contributed by atoms with Crippen molar-refractivity contribution in [3.63, 3.8) is 0 Å². The molecule has 5 heterocycles. The number of hydrazine groups is 1. The highest BCUT2D eigenvalue weighted by molar-refractivity contribution is 5.82. The molecule has 2 bridgehead atoms. The Hall–Kier alpha value is -2.25. The van der Waals surface area contributed by atoms with Crippen LogP contribution in [0.1, 0.15) is 44.6 Å². The molecule has 11 heteroatoms. The number of amides is 1. The number of carbonyl (C=O) groups is 1. The maximum atomic E-state index is 13.7. The predicted molar refractivity (Wildman–Crippen MR) is 160 cm³/mol. The van der Waals surface area contributed by atoms with Crippen LogP contribution < -0.4 is 26.2 Å². The van der Waals surface area contributed by atoms with E-state index in [-0.39, 0.29) is 36.5 Å². The summed E-state index contributed by atoms with van der Waals surface area (Å²) in [7, 11) is 3.92. The van der Waals surface area contributed by atoms with Crippen molar-refractivity contribution in [1.29, 1.82) is 0 Å². The van der Waals surface area contributed by atoms with Crippen molar-refractivity contribution in [2.24, 2.45) is 5.92 Å². The molecule has 1 aromatic carbocycles. The van der Waals surface area contributed by atoms with Gasteiger partial charge in [-0.1, -0.05) is 12.2 Å². The standard InChI is InChI=1S/C30H48N8O3/c1-30(40)12-5-4-6-13-37-28(39)23-19-31-29(34-27(23)38(37)26-9-7-8-25(30)33-26)32-22-10-11-24(21(18-22)20-41-3)36-16-14-35(2)15-17-36/h4,6,10-11,18,23,25-27,29,31-34,40H,5,7-9,12-17,19-20H2,1-3H3/b6-4-. The first-order valence-electron chi connectivity index (χ1n) is 15.4. The largest absolute Gasteiger partial charge is 0.389 e. The van der Waals surface area contributed by atoms with Crippen molar-refractivity contribution in [2.75, 3.05) is 63.6 Å². The second kappa shape index (κ2) is 12.2. The number of aliphatic hydroxyl groups is 1. The van der Waals surface area contributed by atoms with Crippen LogP contribution in [0.3, 0.4) is 0 Å². The number of hydrogen-bond acceptors (Lipinski definition) is 10. The van der Waals surface area contributed by atoms with E-state index in [1.165, 1.54) is 11.3 Å². The predicted octanol–water partition coefficient (Wildman–Crippen LogP) is 1.04.